The summed E-state index contributed by atoms with van der Waals surface area (Å²) in [6.45, 7) is 0. The fraction of sp³-hybridized carbons (Fsp3) is 0.333. The molecule has 0 aliphatic rings. The molecule has 0 aromatic heterocycles. The number of amides is 1. The Hall–Kier alpha value is -0.640. The Morgan fingerprint density at radius 1 is 1.86 bits per heavy atom. The van der Waals surface area contributed by atoms with Gasteiger partial charge in [-0.3, -0.25) is 4.79 Å². The molecule has 3 nitrogen and oxygen atoms in total. The summed E-state index contributed by atoms with van der Waals surface area (Å²) in [5.41, 5.74) is 4.64. The Balaban J connectivity index is 3.58. The van der Waals surface area contributed by atoms with Crippen LogP contribution < -0.4 is 5.73 Å². The summed E-state index contributed by atoms with van der Waals surface area (Å²) < 4.78 is 4.27. The van der Waals surface area contributed by atoms with Crippen LogP contribution in [-0.4, -0.2) is 18.1 Å². The summed E-state index contributed by atoms with van der Waals surface area (Å²) >= 11 is 4.28. The molecule has 0 atom stereocenters. The molecule has 0 fully saturated rings. The lowest BCUT2D eigenvalue weighted by Gasteiger charge is -1.91. The molecule has 0 aliphatic carbocycles. The van der Waals surface area contributed by atoms with E-state index in [2.05, 4.69) is 22.7 Å². The van der Waals surface area contributed by atoms with Crippen LogP contribution in [-0.2, 0) is 9.53 Å². The third-order valence-electron chi connectivity index (χ3n) is 0.387. The van der Waals surface area contributed by atoms with Gasteiger partial charge in [0.1, 0.15) is 0 Å². The second kappa shape index (κ2) is 2.52. The normalized spacial score (nSPS) is 7.57. The maximum absolute atomic E-state index is 9.89. The lowest BCUT2D eigenvalue weighted by molar-refractivity contribution is -0.112. The van der Waals surface area contributed by atoms with Gasteiger partial charge in [0.05, 0.1) is 7.11 Å². The number of primary amides is 1. The summed E-state index contributed by atoms with van der Waals surface area (Å²) in [6, 6.07) is 0. The molecular weight excluding hydrogens is 114 g/mol. The number of carbonyl (C=O) groups excluding carboxylic acids is 1. The maximum Gasteiger partial charge on any atom is 0.295 e. The van der Waals surface area contributed by atoms with Gasteiger partial charge in [0.25, 0.3) is 5.91 Å². The highest BCUT2D eigenvalue weighted by Gasteiger charge is 1.98. The quantitative estimate of drug-likeness (QED) is 0.435. The third-order valence-corrected chi connectivity index (χ3v) is 0.754. The number of carbonyl (C=O) groups is 1. The predicted molar refractivity (Wildman–Crippen MR) is 28.8 cm³/mol. The first-order valence-electron chi connectivity index (χ1n) is 1.56. The smallest absolute Gasteiger partial charge is 0.295 e. The highest BCUT2D eigenvalue weighted by Crippen LogP contribution is 1.72. The van der Waals surface area contributed by atoms with Crippen molar-refractivity contribution >= 4 is 23.2 Å². The van der Waals surface area contributed by atoms with Crippen LogP contribution in [0.4, 0.5) is 0 Å². The lowest BCUT2D eigenvalue weighted by atomic mass is 10.7. The molecular formula is C3H5NO2S. The number of methoxy groups -OCH3 is 1. The van der Waals surface area contributed by atoms with E-state index in [1.54, 1.807) is 0 Å². The van der Waals surface area contributed by atoms with Gasteiger partial charge in [0.15, 0.2) is 0 Å². The monoisotopic (exact) mass is 119 g/mol. The minimum absolute atomic E-state index is 0.181. The van der Waals surface area contributed by atoms with Gasteiger partial charge in [0.2, 0.25) is 5.05 Å². The zero-order valence-corrected chi connectivity index (χ0v) is 4.62. The lowest BCUT2D eigenvalue weighted by Crippen LogP contribution is -2.22. The average molecular weight is 119 g/mol. The van der Waals surface area contributed by atoms with Crippen molar-refractivity contribution in [3.8, 4) is 0 Å². The van der Waals surface area contributed by atoms with Crippen molar-refractivity contribution in [2.45, 2.75) is 0 Å². The molecule has 4 heteroatoms. The van der Waals surface area contributed by atoms with Gasteiger partial charge in [0, 0.05) is 0 Å². The zero-order chi connectivity index (χ0) is 5.86. The van der Waals surface area contributed by atoms with E-state index in [9.17, 15) is 4.79 Å². The van der Waals surface area contributed by atoms with E-state index in [0.29, 0.717) is 0 Å². The fourth-order valence-corrected chi connectivity index (χ4v) is 0.101. The van der Waals surface area contributed by atoms with Crippen molar-refractivity contribution in [1.82, 2.24) is 0 Å². The topological polar surface area (TPSA) is 52.3 Å². The van der Waals surface area contributed by atoms with Gasteiger partial charge >= 0.3 is 0 Å². The van der Waals surface area contributed by atoms with Gasteiger partial charge < -0.3 is 10.5 Å². The van der Waals surface area contributed by atoms with Gasteiger partial charge in [-0.15, -0.1) is 0 Å². The van der Waals surface area contributed by atoms with Crippen molar-refractivity contribution < 1.29 is 9.53 Å². The van der Waals surface area contributed by atoms with Crippen LogP contribution >= 0.6 is 12.2 Å². The summed E-state index contributed by atoms with van der Waals surface area (Å²) in [6.07, 6.45) is 0. The Bertz CT molecular complexity index is 101. The van der Waals surface area contributed by atoms with Crippen LogP contribution in [0.25, 0.3) is 0 Å². The maximum atomic E-state index is 9.89. The highest BCUT2D eigenvalue weighted by atomic mass is 32.1. The van der Waals surface area contributed by atoms with E-state index in [4.69, 9.17) is 0 Å². The van der Waals surface area contributed by atoms with Gasteiger partial charge in [-0.2, -0.15) is 0 Å². The van der Waals surface area contributed by atoms with Crippen LogP contribution in [0.5, 0.6) is 0 Å². The van der Waals surface area contributed by atoms with Crippen LogP contribution in [0.2, 0.25) is 0 Å². The van der Waals surface area contributed by atoms with Crippen molar-refractivity contribution in [3.63, 3.8) is 0 Å². The van der Waals surface area contributed by atoms with Crippen LogP contribution in [0.15, 0.2) is 0 Å². The fourth-order valence-electron chi connectivity index (χ4n) is 0.101. The van der Waals surface area contributed by atoms with E-state index in [1.165, 1.54) is 7.11 Å². The molecule has 0 aromatic rings. The first-order valence-corrected chi connectivity index (χ1v) is 1.97. The molecule has 1 amide bonds. The molecule has 0 aliphatic heterocycles. The molecule has 0 radical (unpaired) electrons. The van der Waals surface area contributed by atoms with Gasteiger partial charge in [-0.1, -0.05) is 0 Å². The predicted octanol–water partition coefficient (Wildman–Crippen LogP) is -0.555. The van der Waals surface area contributed by atoms with Gasteiger partial charge in [-0.05, 0) is 12.2 Å². The second-order valence-corrected chi connectivity index (χ2v) is 1.23. The molecule has 0 spiro atoms. The molecule has 0 aromatic carbocycles. The first-order chi connectivity index (χ1) is 3.18. The minimum atomic E-state index is -0.697. The van der Waals surface area contributed by atoms with E-state index >= 15 is 0 Å². The number of hydrogen-bond donors (Lipinski definition) is 1. The van der Waals surface area contributed by atoms with Gasteiger partial charge in [-0.25, -0.2) is 0 Å². The average Bonchev–Trinajstić information content (AvgIpc) is 1.65. The van der Waals surface area contributed by atoms with Crippen LogP contribution in [0, 0.1) is 0 Å². The van der Waals surface area contributed by atoms with Crippen molar-refractivity contribution in [2.75, 3.05) is 7.11 Å². The SMILES string of the molecule is COC(=S)C(N)=O. The molecule has 0 bridgehead atoms. The molecule has 40 valence electrons. The molecule has 2 N–H and O–H groups in total. The van der Waals surface area contributed by atoms with Crippen molar-refractivity contribution in [1.29, 1.82) is 0 Å². The molecule has 0 saturated heterocycles. The largest absolute Gasteiger partial charge is 0.483 e. The number of thiocarbonyl (C=S) groups is 1. The van der Waals surface area contributed by atoms with Crippen molar-refractivity contribution in [3.05, 3.63) is 0 Å². The highest BCUT2D eigenvalue weighted by molar-refractivity contribution is 7.81. The number of ether oxygens (including phenoxy) is 1. The number of rotatable bonds is 0. The van der Waals surface area contributed by atoms with E-state index in [0.717, 1.165) is 0 Å². The van der Waals surface area contributed by atoms with E-state index < -0.39 is 5.91 Å². The van der Waals surface area contributed by atoms with Crippen LogP contribution in [0.1, 0.15) is 0 Å². The Kier molecular flexibility index (Phi) is 2.29. The summed E-state index contributed by atoms with van der Waals surface area (Å²) in [5.74, 6) is -0.697. The van der Waals surface area contributed by atoms with E-state index in [-0.39, 0.29) is 5.05 Å². The standard InChI is InChI=1S/C3H5NO2S/c1-6-3(7)2(4)5/h1H3,(H2,4,5). The molecule has 0 saturated carbocycles. The third kappa shape index (κ3) is 2.11. The molecule has 0 heterocycles. The van der Waals surface area contributed by atoms with Crippen molar-refractivity contribution in [2.24, 2.45) is 5.73 Å². The first kappa shape index (κ1) is 6.36. The number of hydrogen-bond acceptors (Lipinski definition) is 3. The Morgan fingerprint density at radius 2 is 2.29 bits per heavy atom. The van der Waals surface area contributed by atoms with Crippen LogP contribution in [0.3, 0.4) is 0 Å². The zero-order valence-electron chi connectivity index (χ0n) is 3.80. The summed E-state index contributed by atoms with van der Waals surface area (Å²) in [7, 11) is 1.30. The molecule has 7 heavy (non-hydrogen) atoms. The second-order valence-electron chi connectivity index (χ2n) is 0.856. The Morgan fingerprint density at radius 3 is 2.29 bits per heavy atom. The summed E-state index contributed by atoms with van der Waals surface area (Å²) in [4.78, 5) is 9.89. The minimum Gasteiger partial charge on any atom is -0.483 e. The summed E-state index contributed by atoms with van der Waals surface area (Å²) in [5, 5.41) is -0.181. The molecule has 0 rings (SSSR count). The number of nitrogens with two attached hydrogens (primary N) is 1. The Labute approximate surface area is 46.4 Å². The molecule has 0 unspecified atom stereocenters. The van der Waals surface area contributed by atoms with E-state index in [1.807, 2.05) is 0 Å².